The predicted molar refractivity (Wildman–Crippen MR) is 312 cm³/mol. The molecule has 0 saturated carbocycles. The monoisotopic (exact) mass is 1130 g/mol. The van der Waals surface area contributed by atoms with E-state index in [4.69, 9.17) is 45.0 Å². The number of ether oxygens (including phenoxy) is 4. The second kappa shape index (κ2) is 20.3. The largest absolute Gasteiger partial charge is 0.494 e. The first-order chi connectivity index (χ1) is 40.4. The number of aromatic amines is 3. The van der Waals surface area contributed by atoms with Gasteiger partial charge in [0.05, 0.1) is 56.6 Å². The highest BCUT2D eigenvalue weighted by Crippen LogP contribution is 2.47. The number of hydrogen-bond donors (Lipinski definition) is 3. The summed E-state index contributed by atoms with van der Waals surface area (Å²) in [5.41, 5.74) is 11.9. The molecule has 0 atom stereocenters. The Morgan fingerprint density at radius 2 is 0.976 bits per heavy atom. The van der Waals surface area contributed by atoms with Crippen LogP contribution in [-0.4, -0.2) is 104 Å². The Bertz CT molecular complexity index is 4160. The summed E-state index contributed by atoms with van der Waals surface area (Å²) >= 11 is 5.93. The van der Waals surface area contributed by atoms with Crippen LogP contribution in [0.1, 0.15) is 105 Å². The normalized spacial score (nSPS) is 17.9. The van der Waals surface area contributed by atoms with Gasteiger partial charge in [0.25, 0.3) is 0 Å². The fourth-order valence-electron chi connectivity index (χ4n) is 13.0. The van der Waals surface area contributed by atoms with Crippen molar-refractivity contribution in [3.8, 4) is 16.9 Å². The predicted octanol–water partition coefficient (Wildman–Crippen LogP) is 11.4. The second-order valence-electron chi connectivity index (χ2n) is 22.0. The highest BCUT2D eigenvalue weighted by Gasteiger charge is 2.50. The van der Waals surface area contributed by atoms with Gasteiger partial charge in [-0.3, -0.25) is 0 Å². The maximum Gasteiger partial charge on any atom is 0.339 e. The van der Waals surface area contributed by atoms with Crippen molar-refractivity contribution in [1.29, 1.82) is 0 Å². The molecule has 0 bridgehead atoms. The number of pyridine rings is 1. The summed E-state index contributed by atoms with van der Waals surface area (Å²) in [6, 6.07) is 38.9. The lowest BCUT2D eigenvalue weighted by atomic mass is 9.84. The van der Waals surface area contributed by atoms with E-state index in [1.807, 2.05) is 124 Å². The molecule has 5 aromatic heterocycles. The van der Waals surface area contributed by atoms with E-state index in [1.54, 1.807) is 6.07 Å². The van der Waals surface area contributed by atoms with Gasteiger partial charge >= 0.3 is 17.9 Å². The lowest BCUT2D eigenvalue weighted by molar-refractivity contribution is -0.0219. The molecule has 0 aliphatic carbocycles. The smallest absolute Gasteiger partial charge is 0.339 e. The van der Waals surface area contributed by atoms with E-state index in [9.17, 15) is 14.4 Å². The summed E-state index contributed by atoms with van der Waals surface area (Å²) < 4.78 is 28.4. The molecule has 3 spiro atoms. The van der Waals surface area contributed by atoms with Gasteiger partial charge in [0, 0.05) is 106 Å². The average molecular weight is 1130 g/mol. The summed E-state index contributed by atoms with van der Waals surface area (Å²) in [4.78, 5) is 71.8. The molecule has 5 aromatic carbocycles. The van der Waals surface area contributed by atoms with Crippen LogP contribution in [0.25, 0.3) is 44.4 Å². The van der Waals surface area contributed by atoms with Crippen LogP contribution in [0, 0.1) is 13.8 Å². The molecule has 19 nitrogen and oxygen atoms in total. The maximum absolute atomic E-state index is 12.3. The number of carbonyl (C=O) groups is 3. The third-order valence-corrected chi connectivity index (χ3v) is 17.4. The van der Waals surface area contributed by atoms with Crippen molar-refractivity contribution in [2.24, 2.45) is 0 Å². The Kier molecular flexibility index (Phi) is 12.7. The number of piperidine rings is 3. The third-order valence-electron chi connectivity index (χ3n) is 17.2. The minimum Gasteiger partial charge on any atom is -0.494 e. The Balaban J connectivity index is 0.000000112. The van der Waals surface area contributed by atoms with Crippen LogP contribution in [-0.2, 0) is 31.0 Å². The molecule has 0 radical (unpaired) electrons. The minimum absolute atomic E-state index is 0.203. The van der Waals surface area contributed by atoms with Crippen molar-refractivity contribution in [2.45, 2.75) is 76.1 Å². The van der Waals surface area contributed by atoms with Gasteiger partial charge in [0.1, 0.15) is 33.5 Å². The van der Waals surface area contributed by atoms with E-state index in [1.165, 1.54) is 0 Å². The van der Waals surface area contributed by atoms with E-state index in [2.05, 4.69) is 56.9 Å². The summed E-state index contributed by atoms with van der Waals surface area (Å²) in [6.45, 7) is 11.1. The highest BCUT2D eigenvalue weighted by atomic mass is 35.5. The van der Waals surface area contributed by atoms with Crippen molar-refractivity contribution < 1.29 is 37.9 Å². The molecule has 20 heteroatoms. The number of aromatic nitrogens is 8. The Morgan fingerprint density at radius 3 is 1.45 bits per heavy atom. The fourth-order valence-corrected chi connectivity index (χ4v) is 13.1. The van der Waals surface area contributed by atoms with Gasteiger partial charge < -0.3 is 53.1 Å². The standard InChI is InChI=1S/C24H22N4O3.C21H21N3O3.C18H15ClN4O2/c1-14-21(15(2)31-27-14)16-7-8-19-20(13-16)26-23(25-19)28-11-9-24(10-12-28)18-6-4-3-5-17(18)22(29)30-24;1-2-26-14-7-8-17-18(13-14)23-20(22-17)24-11-9-21(10-12-24)16-6-4-3-5-15(16)19(25)27-21;19-14-6-5-13-15(21-14)22-17(20-13)23-9-7-18(8-10-23)12-4-2-1-3-11(12)16(24)25-18/h3-8,13H,9-12H2,1-2H3,(H,25,26);3-8,13H,2,9-12H2,1H3,(H,22,23);1-6H,7-10H2,(H,20,21,22). The lowest BCUT2D eigenvalue weighted by Crippen LogP contribution is -2.43. The van der Waals surface area contributed by atoms with Crippen LogP contribution in [0.3, 0.4) is 0 Å². The number of rotatable bonds is 6. The van der Waals surface area contributed by atoms with E-state index in [0.717, 1.165) is 168 Å². The summed E-state index contributed by atoms with van der Waals surface area (Å²) in [7, 11) is 0. The van der Waals surface area contributed by atoms with E-state index < -0.39 is 16.8 Å². The van der Waals surface area contributed by atoms with Gasteiger partial charge in [-0.05, 0) is 80.9 Å². The van der Waals surface area contributed by atoms with Crippen LogP contribution < -0.4 is 19.4 Å². The molecule has 16 rings (SSSR count). The van der Waals surface area contributed by atoms with Crippen LogP contribution in [0.4, 0.5) is 17.8 Å². The highest BCUT2D eigenvalue weighted by molar-refractivity contribution is 6.29. The van der Waals surface area contributed by atoms with Gasteiger partial charge in [-0.25, -0.2) is 29.3 Å². The average Bonchev–Trinajstić information content (AvgIpc) is 4.59. The van der Waals surface area contributed by atoms with Gasteiger partial charge in [-0.1, -0.05) is 77.4 Å². The number of H-pyrrole nitrogens is 3. The van der Waals surface area contributed by atoms with Crippen molar-refractivity contribution in [2.75, 3.05) is 60.6 Å². The van der Waals surface area contributed by atoms with Gasteiger partial charge in [-0.2, -0.15) is 4.98 Å². The van der Waals surface area contributed by atoms with E-state index in [0.29, 0.717) is 34.1 Å². The number of esters is 3. The zero-order valence-corrected chi connectivity index (χ0v) is 46.7. The first kappa shape index (κ1) is 51.9. The topological polar surface area (TPSA) is 223 Å². The van der Waals surface area contributed by atoms with Crippen molar-refractivity contribution in [3.63, 3.8) is 0 Å². The minimum atomic E-state index is -0.507. The molecule has 3 fully saturated rings. The molecule has 3 saturated heterocycles. The number of carbonyl (C=O) groups excluding carboxylic acids is 3. The Morgan fingerprint density at radius 1 is 0.530 bits per heavy atom. The first-order valence-electron chi connectivity index (χ1n) is 28.2. The lowest BCUT2D eigenvalue weighted by Gasteiger charge is -2.38. The van der Waals surface area contributed by atoms with Crippen LogP contribution in [0.2, 0.25) is 5.15 Å². The number of aryl methyl sites for hydroxylation is 2. The molecule has 3 N–H and O–H groups in total. The maximum atomic E-state index is 12.3. The first-order valence-corrected chi connectivity index (χ1v) is 28.6. The zero-order valence-electron chi connectivity index (χ0n) is 46.0. The summed E-state index contributed by atoms with van der Waals surface area (Å²) in [5, 5.41) is 4.49. The molecular formula is C63H58ClN11O8. The summed E-state index contributed by atoms with van der Waals surface area (Å²) in [6.07, 6.45) is 4.49. The Labute approximate surface area is 481 Å². The molecule has 0 amide bonds. The van der Waals surface area contributed by atoms with Crippen LogP contribution >= 0.6 is 11.6 Å². The number of imidazole rings is 3. The zero-order chi connectivity index (χ0) is 56.6. The van der Waals surface area contributed by atoms with Crippen LogP contribution in [0.5, 0.6) is 5.75 Å². The second-order valence-corrected chi connectivity index (χ2v) is 22.4. The number of hydrogen-bond acceptors (Lipinski definition) is 16. The molecule has 10 aromatic rings. The Hall–Kier alpha value is -9.23. The molecule has 0 unspecified atom stereocenters. The van der Waals surface area contributed by atoms with E-state index >= 15 is 0 Å². The number of fused-ring (bicyclic) bond motifs is 9. The van der Waals surface area contributed by atoms with Crippen molar-refractivity contribution in [3.05, 3.63) is 171 Å². The fraction of sp³-hybridized carbons (Fsp3) is 0.302. The van der Waals surface area contributed by atoms with Gasteiger partial charge in [-0.15, -0.1) is 0 Å². The quantitative estimate of drug-likeness (QED) is 0.0800. The van der Waals surface area contributed by atoms with Crippen LogP contribution in [0.15, 0.2) is 126 Å². The number of benzene rings is 5. The van der Waals surface area contributed by atoms with Gasteiger partial charge in [0.15, 0.2) is 5.65 Å². The van der Waals surface area contributed by atoms with Gasteiger partial charge in [0.2, 0.25) is 17.8 Å². The molecule has 83 heavy (non-hydrogen) atoms. The molecule has 6 aliphatic rings. The SMILES string of the molecule is CCOc1ccc2nc(N3CCC4(CC3)OC(=O)c3ccccc34)[nH]c2c1.Cc1noc(C)c1-c1ccc2nc(N3CCC4(CC3)OC(=O)c3ccccc34)[nH]c2c1.O=C1OC2(CCN(c3nc4nc(Cl)ccc4[nH]3)CC2)c2ccccc21. The number of halogens is 1. The molecule has 6 aliphatic heterocycles. The molecule has 11 heterocycles. The third kappa shape index (κ3) is 9.13. The molecule has 420 valence electrons. The molecular weight excluding hydrogens is 1070 g/mol. The van der Waals surface area contributed by atoms with Crippen molar-refractivity contribution in [1.82, 2.24) is 40.0 Å². The van der Waals surface area contributed by atoms with E-state index in [-0.39, 0.29) is 17.9 Å². The number of nitrogens with zero attached hydrogens (tertiary/aromatic N) is 8. The summed E-state index contributed by atoms with van der Waals surface area (Å²) in [5.74, 6) is 3.50. The number of nitrogens with one attached hydrogen (secondary N) is 3. The van der Waals surface area contributed by atoms with Crippen molar-refractivity contribution >= 4 is 80.6 Å². The number of anilines is 3.